The van der Waals surface area contributed by atoms with Crippen LogP contribution in [-0.2, 0) is 4.79 Å². The largest absolute Gasteiger partial charge is 0.492 e. The Balaban J connectivity index is 1.92. The summed E-state index contributed by atoms with van der Waals surface area (Å²) < 4.78 is 0.761. The van der Waals surface area contributed by atoms with Crippen LogP contribution in [0.15, 0.2) is 12.1 Å². The second kappa shape index (κ2) is 5.55. The first-order valence-corrected chi connectivity index (χ1v) is 6.81. The number of rotatable bonds is 3. The van der Waals surface area contributed by atoms with Crippen LogP contribution in [0.3, 0.4) is 0 Å². The number of hydrogen-bond acceptors (Lipinski definition) is 4. The molecule has 2 rings (SSSR count). The highest BCUT2D eigenvalue weighted by atomic mass is 16.7. The quantitative estimate of drug-likeness (QED) is 0.881. The third kappa shape index (κ3) is 3.03. The molecule has 5 nitrogen and oxygen atoms in total. The molecule has 0 aliphatic heterocycles. The molecule has 0 radical (unpaired) electrons. The number of aromatic hydroxyl groups is 2. The first-order valence-electron chi connectivity index (χ1n) is 6.81. The molecule has 0 spiro atoms. The molecule has 0 bridgehead atoms. The number of hydrogen-bond donors (Lipinski definition) is 2. The molecule has 0 saturated heterocycles. The van der Waals surface area contributed by atoms with Crippen LogP contribution in [0.25, 0.3) is 0 Å². The van der Waals surface area contributed by atoms with Gasteiger partial charge in [0.1, 0.15) is 0 Å². The van der Waals surface area contributed by atoms with E-state index in [-0.39, 0.29) is 23.6 Å². The molecule has 1 aliphatic rings. The van der Waals surface area contributed by atoms with Gasteiger partial charge in [-0.1, -0.05) is 13.8 Å². The van der Waals surface area contributed by atoms with E-state index in [4.69, 9.17) is 4.84 Å². The Bertz CT molecular complexity index is 425. The van der Waals surface area contributed by atoms with Crippen LogP contribution in [-0.4, -0.2) is 20.9 Å². The SMILES string of the molecule is CC(C)C1CCC(C(=O)On2c(O)ccc2O)CC1. The van der Waals surface area contributed by atoms with Crippen LogP contribution in [0.5, 0.6) is 11.8 Å². The minimum absolute atomic E-state index is 0.142. The molecule has 1 heterocycles. The van der Waals surface area contributed by atoms with Gasteiger partial charge in [-0.2, -0.15) is 0 Å². The summed E-state index contributed by atoms with van der Waals surface area (Å²) in [5, 5.41) is 18.8. The van der Waals surface area contributed by atoms with Crippen LogP contribution in [0.4, 0.5) is 0 Å². The Hall–Kier alpha value is -1.65. The summed E-state index contributed by atoms with van der Waals surface area (Å²) in [6, 6.07) is 2.55. The van der Waals surface area contributed by atoms with Gasteiger partial charge < -0.3 is 15.1 Å². The van der Waals surface area contributed by atoms with Gasteiger partial charge in [-0.05, 0) is 37.5 Å². The highest BCUT2D eigenvalue weighted by Gasteiger charge is 2.29. The minimum Gasteiger partial charge on any atom is -0.492 e. The van der Waals surface area contributed by atoms with E-state index in [1.165, 1.54) is 12.1 Å². The number of nitrogens with zero attached hydrogens (tertiary/aromatic N) is 1. The van der Waals surface area contributed by atoms with Gasteiger partial charge in [0.15, 0.2) is 0 Å². The Morgan fingerprint density at radius 1 is 1.21 bits per heavy atom. The highest BCUT2D eigenvalue weighted by molar-refractivity contribution is 5.73. The van der Waals surface area contributed by atoms with Gasteiger partial charge in [-0.25, -0.2) is 4.79 Å². The minimum atomic E-state index is -0.385. The molecule has 0 atom stereocenters. The van der Waals surface area contributed by atoms with E-state index < -0.39 is 0 Å². The topological polar surface area (TPSA) is 71.7 Å². The van der Waals surface area contributed by atoms with Crippen molar-refractivity contribution < 1.29 is 19.8 Å². The zero-order chi connectivity index (χ0) is 14.0. The van der Waals surface area contributed by atoms with Crippen molar-refractivity contribution in [3.05, 3.63) is 12.1 Å². The normalized spacial score (nSPS) is 23.5. The molecule has 106 valence electrons. The zero-order valence-corrected chi connectivity index (χ0v) is 11.4. The van der Waals surface area contributed by atoms with Gasteiger partial charge in [-0.15, -0.1) is 4.73 Å². The van der Waals surface area contributed by atoms with E-state index in [0.717, 1.165) is 30.4 Å². The monoisotopic (exact) mass is 267 g/mol. The van der Waals surface area contributed by atoms with Gasteiger partial charge in [-0.3, -0.25) is 0 Å². The molecule has 1 aliphatic carbocycles. The van der Waals surface area contributed by atoms with Crippen molar-refractivity contribution in [1.29, 1.82) is 0 Å². The van der Waals surface area contributed by atoms with Gasteiger partial charge in [0, 0.05) is 12.1 Å². The van der Waals surface area contributed by atoms with Gasteiger partial charge in [0.2, 0.25) is 11.8 Å². The summed E-state index contributed by atoms with van der Waals surface area (Å²) in [4.78, 5) is 17.0. The van der Waals surface area contributed by atoms with E-state index in [9.17, 15) is 15.0 Å². The molecule has 1 aromatic rings. The molecule has 0 unspecified atom stereocenters. The van der Waals surface area contributed by atoms with Crippen molar-refractivity contribution in [3.63, 3.8) is 0 Å². The fourth-order valence-corrected chi connectivity index (χ4v) is 2.68. The predicted octanol–water partition coefficient (Wildman–Crippen LogP) is 2.32. The van der Waals surface area contributed by atoms with Gasteiger partial charge >= 0.3 is 5.97 Å². The van der Waals surface area contributed by atoms with Crippen LogP contribution in [0, 0.1) is 17.8 Å². The summed E-state index contributed by atoms with van der Waals surface area (Å²) in [5.41, 5.74) is 0. The molecule has 0 aromatic carbocycles. The third-order valence-corrected chi connectivity index (χ3v) is 4.03. The molecule has 1 aromatic heterocycles. The summed E-state index contributed by atoms with van der Waals surface area (Å²) in [6.07, 6.45) is 3.68. The average Bonchev–Trinajstić information content (AvgIpc) is 2.70. The maximum absolute atomic E-state index is 12.0. The van der Waals surface area contributed by atoms with Crippen LogP contribution >= 0.6 is 0 Å². The van der Waals surface area contributed by atoms with E-state index in [1.54, 1.807) is 0 Å². The Morgan fingerprint density at radius 3 is 2.21 bits per heavy atom. The standard InChI is InChI=1S/C14H21NO4/c1-9(2)10-3-5-11(6-4-10)14(18)19-15-12(16)7-8-13(15)17/h7-11,16-17H,3-6H2,1-2H3. The van der Waals surface area contributed by atoms with Crippen molar-refractivity contribution in [2.24, 2.45) is 17.8 Å². The lowest BCUT2D eigenvalue weighted by Crippen LogP contribution is -2.30. The lowest BCUT2D eigenvalue weighted by molar-refractivity contribution is -0.151. The summed E-state index contributed by atoms with van der Waals surface area (Å²) >= 11 is 0. The average molecular weight is 267 g/mol. The lowest BCUT2D eigenvalue weighted by Gasteiger charge is -2.29. The summed E-state index contributed by atoms with van der Waals surface area (Å²) in [6.45, 7) is 4.42. The number of carbonyl (C=O) groups is 1. The maximum atomic E-state index is 12.0. The fourth-order valence-electron chi connectivity index (χ4n) is 2.68. The molecular weight excluding hydrogens is 246 g/mol. The van der Waals surface area contributed by atoms with Crippen molar-refractivity contribution in [2.75, 3.05) is 0 Å². The van der Waals surface area contributed by atoms with Crippen molar-refractivity contribution in [2.45, 2.75) is 39.5 Å². The number of carbonyl (C=O) groups excluding carboxylic acids is 1. The molecule has 1 fully saturated rings. The van der Waals surface area contributed by atoms with Gasteiger partial charge in [0.05, 0.1) is 5.92 Å². The number of aromatic nitrogens is 1. The second-order valence-electron chi connectivity index (χ2n) is 5.61. The maximum Gasteiger partial charge on any atom is 0.336 e. The third-order valence-electron chi connectivity index (χ3n) is 4.03. The van der Waals surface area contributed by atoms with E-state index in [1.807, 2.05) is 0 Å². The van der Waals surface area contributed by atoms with Crippen LogP contribution < -0.4 is 4.84 Å². The van der Waals surface area contributed by atoms with Gasteiger partial charge in [0.25, 0.3) is 0 Å². The smallest absolute Gasteiger partial charge is 0.336 e. The Morgan fingerprint density at radius 2 is 1.74 bits per heavy atom. The fraction of sp³-hybridized carbons (Fsp3) is 0.643. The van der Waals surface area contributed by atoms with E-state index in [0.29, 0.717) is 11.8 Å². The predicted molar refractivity (Wildman–Crippen MR) is 69.6 cm³/mol. The molecule has 2 N–H and O–H groups in total. The van der Waals surface area contributed by atoms with E-state index >= 15 is 0 Å². The molecule has 1 saturated carbocycles. The molecule has 19 heavy (non-hydrogen) atoms. The first-order chi connectivity index (χ1) is 8.99. The second-order valence-corrected chi connectivity index (χ2v) is 5.61. The summed E-state index contributed by atoms with van der Waals surface area (Å²) in [7, 11) is 0. The highest BCUT2D eigenvalue weighted by Crippen LogP contribution is 2.33. The zero-order valence-electron chi connectivity index (χ0n) is 11.4. The Labute approximate surface area is 112 Å². The van der Waals surface area contributed by atoms with Crippen molar-refractivity contribution in [3.8, 4) is 11.8 Å². The van der Waals surface area contributed by atoms with Crippen molar-refractivity contribution >= 4 is 5.97 Å². The lowest BCUT2D eigenvalue weighted by atomic mass is 9.77. The molecular formula is C14H21NO4. The van der Waals surface area contributed by atoms with Crippen molar-refractivity contribution in [1.82, 2.24) is 4.73 Å². The van der Waals surface area contributed by atoms with Crippen LogP contribution in [0.2, 0.25) is 0 Å². The first kappa shape index (κ1) is 13.8. The Kier molecular flexibility index (Phi) is 4.02. The summed E-state index contributed by atoms with van der Waals surface area (Å²) in [5.74, 6) is 0.246. The van der Waals surface area contributed by atoms with E-state index in [2.05, 4.69) is 13.8 Å². The van der Waals surface area contributed by atoms with Crippen LogP contribution in [0.1, 0.15) is 39.5 Å². The molecule has 0 amide bonds. The molecule has 5 heteroatoms.